The van der Waals surface area contributed by atoms with E-state index < -0.39 is 0 Å². The second-order valence-electron chi connectivity index (χ2n) is 4.11. The molecule has 0 aromatic heterocycles. The first-order valence-electron chi connectivity index (χ1n) is 5.85. The number of methoxy groups -OCH3 is 1. The fourth-order valence-electron chi connectivity index (χ4n) is 1.93. The summed E-state index contributed by atoms with van der Waals surface area (Å²) in [5, 5.41) is 3.29. The molecule has 1 heterocycles. The van der Waals surface area contributed by atoms with Gasteiger partial charge in [0, 0.05) is 6.54 Å². The predicted molar refractivity (Wildman–Crippen MR) is 71.5 cm³/mol. The van der Waals surface area contributed by atoms with E-state index in [2.05, 4.69) is 10.1 Å². The van der Waals surface area contributed by atoms with Gasteiger partial charge in [0.25, 0.3) is 0 Å². The van der Waals surface area contributed by atoms with Crippen molar-refractivity contribution in [3.63, 3.8) is 0 Å². The molecule has 0 bridgehead atoms. The van der Waals surface area contributed by atoms with Crippen molar-refractivity contribution in [3.05, 3.63) is 29.8 Å². The lowest BCUT2D eigenvalue weighted by Crippen LogP contribution is -2.37. The molecule has 1 atom stereocenters. The molecule has 1 unspecified atom stereocenters. The van der Waals surface area contributed by atoms with Crippen LogP contribution in [0.1, 0.15) is 23.2 Å². The van der Waals surface area contributed by atoms with Gasteiger partial charge < -0.3 is 14.8 Å². The van der Waals surface area contributed by atoms with Gasteiger partial charge in [-0.25, -0.2) is 4.79 Å². The number of ether oxygens (including phenoxy) is 2. The maximum atomic E-state index is 11.4. The molecule has 100 valence electrons. The zero-order chi connectivity index (χ0) is 12.1. The monoisotopic (exact) mass is 271 g/mol. The quantitative estimate of drug-likeness (QED) is 0.855. The molecular weight excluding hydrogens is 254 g/mol. The minimum absolute atomic E-state index is 0. The van der Waals surface area contributed by atoms with E-state index in [1.54, 1.807) is 18.2 Å². The highest BCUT2D eigenvalue weighted by molar-refractivity contribution is 5.89. The van der Waals surface area contributed by atoms with Gasteiger partial charge in [-0.2, -0.15) is 0 Å². The minimum atomic E-state index is -0.336. The lowest BCUT2D eigenvalue weighted by molar-refractivity contribution is 0.0599. The molecule has 0 radical (unpaired) electrons. The van der Waals surface area contributed by atoms with E-state index >= 15 is 0 Å². The van der Waals surface area contributed by atoms with E-state index in [0.29, 0.717) is 5.56 Å². The van der Waals surface area contributed by atoms with Gasteiger partial charge in [-0.1, -0.05) is 6.07 Å². The lowest BCUT2D eigenvalue weighted by atomic mass is 10.1. The highest BCUT2D eigenvalue weighted by Crippen LogP contribution is 2.17. The van der Waals surface area contributed by atoms with Crippen LogP contribution in [-0.2, 0) is 4.74 Å². The molecule has 1 aromatic rings. The number of carbonyl (C=O) groups is 1. The summed E-state index contributed by atoms with van der Waals surface area (Å²) >= 11 is 0. The SMILES string of the molecule is COC(=O)c1cccc(OC2CCCNC2)c1.Cl. The zero-order valence-electron chi connectivity index (χ0n) is 10.3. The Hall–Kier alpha value is -1.26. The first-order valence-corrected chi connectivity index (χ1v) is 5.85. The number of esters is 1. The van der Waals surface area contributed by atoms with Crippen LogP contribution in [0.3, 0.4) is 0 Å². The zero-order valence-corrected chi connectivity index (χ0v) is 11.2. The summed E-state index contributed by atoms with van der Waals surface area (Å²) in [6.45, 7) is 1.92. The van der Waals surface area contributed by atoms with Crippen molar-refractivity contribution in [2.45, 2.75) is 18.9 Å². The third kappa shape index (κ3) is 3.89. The van der Waals surface area contributed by atoms with Crippen LogP contribution >= 0.6 is 12.4 Å². The van der Waals surface area contributed by atoms with Gasteiger partial charge in [-0.05, 0) is 37.6 Å². The van der Waals surface area contributed by atoms with Gasteiger partial charge in [0.05, 0.1) is 12.7 Å². The summed E-state index contributed by atoms with van der Waals surface area (Å²) in [5.41, 5.74) is 0.522. The van der Waals surface area contributed by atoms with Gasteiger partial charge in [-0.15, -0.1) is 12.4 Å². The Balaban J connectivity index is 0.00000162. The first kappa shape index (κ1) is 14.8. The standard InChI is InChI=1S/C13H17NO3.ClH/c1-16-13(15)10-4-2-5-11(8-10)17-12-6-3-7-14-9-12;/h2,4-5,8,12,14H,3,6-7,9H2,1H3;1H. The lowest BCUT2D eigenvalue weighted by Gasteiger charge is -2.24. The molecule has 1 N–H and O–H groups in total. The summed E-state index contributed by atoms with van der Waals surface area (Å²) in [5.74, 6) is 0.388. The molecule has 1 aromatic carbocycles. The second-order valence-corrected chi connectivity index (χ2v) is 4.11. The molecule has 18 heavy (non-hydrogen) atoms. The van der Waals surface area contributed by atoms with Gasteiger partial charge >= 0.3 is 5.97 Å². The number of hydrogen-bond donors (Lipinski definition) is 1. The van der Waals surface area contributed by atoms with E-state index in [9.17, 15) is 4.79 Å². The number of hydrogen-bond acceptors (Lipinski definition) is 4. The molecule has 5 heteroatoms. The highest BCUT2D eigenvalue weighted by Gasteiger charge is 2.15. The van der Waals surface area contributed by atoms with Gasteiger partial charge in [0.2, 0.25) is 0 Å². The molecule has 4 nitrogen and oxygen atoms in total. The molecular formula is C13H18ClNO3. The number of benzene rings is 1. The largest absolute Gasteiger partial charge is 0.489 e. The maximum Gasteiger partial charge on any atom is 0.337 e. The van der Waals surface area contributed by atoms with Gasteiger partial charge in [0.1, 0.15) is 11.9 Å². The van der Waals surface area contributed by atoms with E-state index in [4.69, 9.17) is 4.74 Å². The average Bonchev–Trinajstić information content (AvgIpc) is 2.39. The Kier molecular flexibility index (Phi) is 5.95. The Morgan fingerprint density at radius 2 is 2.28 bits per heavy atom. The number of halogens is 1. The van der Waals surface area contributed by atoms with Gasteiger partial charge in [-0.3, -0.25) is 0 Å². The van der Waals surface area contributed by atoms with Crippen LogP contribution in [0.2, 0.25) is 0 Å². The van der Waals surface area contributed by atoms with E-state index in [1.165, 1.54) is 7.11 Å². The third-order valence-corrected chi connectivity index (χ3v) is 2.81. The molecule has 1 aliphatic heterocycles. The smallest absolute Gasteiger partial charge is 0.337 e. The number of nitrogens with one attached hydrogen (secondary N) is 1. The van der Waals surface area contributed by atoms with E-state index in [0.717, 1.165) is 31.7 Å². The number of piperidine rings is 1. The van der Waals surface area contributed by atoms with Crippen molar-refractivity contribution in [3.8, 4) is 5.75 Å². The second kappa shape index (κ2) is 7.24. The minimum Gasteiger partial charge on any atom is -0.489 e. The summed E-state index contributed by atoms with van der Waals surface area (Å²) in [6, 6.07) is 7.11. The van der Waals surface area contributed by atoms with Crippen molar-refractivity contribution in [1.29, 1.82) is 0 Å². The van der Waals surface area contributed by atoms with E-state index in [1.807, 2.05) is 6.07 Å². The van der Waals surface area contributed by atoms with Crippen molar-refractivity contribution in [1.82, 2.24) is 5.32 Å². The van der Waals surface area contributed by atoms with E-state index in [-0.39, 0.29) is 24.5 Å². The van der Waals surface area contributed by atoms with Crippen LogP contribution in [0.25, 0.3) is 0 Å². The summed E-state index contributed by atoms with van der Waals surface area (Å²) in [7, 11) is 1.38. The predicted octanol–water partition coefficient (Wildman–Crippen LogP) is 2.03. The Bertz CT molecular complexity index is 392. The fraction of sp³-hybridized carbons (Fsp3) is 0.462. The summed E-state index contributed by atoms with van der Waals surface area (Å²) in [6.07, 6.45) is 2.37. The number of carbonyl (C=O) groups excluding carboxylic acids is 1. The topological polar surface area (TPSA) is 47.6 Å². The Morgan fingerprint density at radius 1 is 1.44 bits per heavy atom. The maximum absolute atomic E-state index is 11.4. The van der Waals surface area contributed by atoms with Crippen molar-refractivity contribution < 1.29 is 14.3 Å². The van der Waals surface area contributed by atoms with Crippen molar-refractivity contribution in [2.24, 2.45) is 0 Å². The third-order valence-electron chi connectivity index (χ3n) is 2.81. The van der Waals surface area contributed by atoms with Gasteiger partial charge in [0.15, 0.2) is 0 Å². The van der Waals surface area contributed by atoms with Crippen LogP contribution in [0.4, 0.5) is 0 Å². The summed E-state index contributed by atoms with van der Waals surface area (Å²) in [4.78, 5) is 11.4. The molecule has 0 aliphatic carbocycles. The molecule has 1 aliphatic rings. The summed E-state index contributed by atoms with van der Waals surface area (Å²) < 4.78 is 10.5. The molecule has 1 saturated heterocycles. The fourth-order valence-corrected chi connectivity index (χ4v) is 1.93. The normalized spacial score (nSPS) is 18.6. The van der Waals surface area contributed by atoms with Crippen LogP contribution in [0.15, 0.2) is 24.3 Å². The Labute approximate surface area is 113 Å². The van der Waals surface area contributed by atoms with Crippen molar-refractivity contribution in [2.75, 3.05) is 20.2 Å². The molecule has 0 amide bonds. The van der Waals surface area contributed by atoms with Crippen LogP contribution in [0.5, 0.6) is 5.75 Å². The Morgan fingerprint density at radius 3 is 2.94 bits per heavy atom. The molecule has 0 spiro atoms. The average molecular weight is 272 g/mol. The molecule has 2 rings (SSSR count). The van der Waals surface area contributed by atoms with Crippen molar-refractivity contribution >= 4 is 18.4 Å². The first-order chi connectivity index (χ1) is 8.29. The molecule has 1 fully saturated rings. The molecule has 0 saturated carbocycles. The van der Waals surface area contributed by atoms with Crippen LogP contribution in [-0.4, -0.2) is 32.3 Å². The number of rotatable bonds is 3. The highest BCUT2D eigenvalue weighted by atomic mass is 35.5. The van der Waals surface area contributed by atoms with Crippen LogP contribution < -0.4 is 10.1 Å². The van der Waals surface area contributed by atoms with Crippen LogP contribution in [0, 0.1) is 0 Å².